The maximum atomic E-state index is 13.8. The molecule has 4 aromatic rings. The van der Waals surface area contributed by atoms with E-state index in [9.17, 15) is 23.2 Å². The SMILES string of the molecule is CCC(=O)N1CCN(C(=O)c2cccc(C(=O)Nn3ncc4cc(Cc5cc(F)cc(F)c5)ccc43)c2NC2CCCCO2)CC1. The normalized spacial score (nSPS) is 16.8. The summed E-state index contributed by atoms with van der Waals surface area (Å²) >= 11 is 0. The Morgan fingerprint density at radius 1 is 0.913 bits per heavy atom. The number of aromatic nitrogens is 2. The molecule has 10 nitrogen and oxygen atoms in total. The van der Waals surface area contributed by atoms with Crippen LogP contribution in [0.1, 0.15) is 64.4 Å². The lowest BCUT2D eigenvalue weighted by atomic mass is 10.0. The van der Waals surface area contributed by atoms with Gasteiger partial charge in [-0.1, -0.05) is 19.1 Å². The molecule has 0 spiro atoms. The zero-order valence-corrected chi connectivity index (χ0v) is 25.6. The lowest BCUT2D eigenvalue weighted by Gasteiger charge is -2.35. The average Bonchev–Trinajstić information content (AvgIpc) is 3.45. The molecule has 1 aromatic heterocycles. The van der Waals surface area contributed by atoms with Gasteiger partial charge in [0.05, 0.1) is 28.5 Å². The fourth-order valence-electron chi connectivity index (χ4n) is 6.03. The van der Waals surface area contributed by atoms with Gasteiger partial charge in [0, 0.05) is 50.7 Å². The molecule has 2 saturated heterocycles. The van der Waals surface area contributed by atoms with Crippen molar-refractivity contribution >= 4 is 34.3 Å². The number of anilines is 1. The van der Waals surface area contributed by atoms with Crippen molar-refractivity contribution in [2.24, 2.45) is 0 Å². The molecule has 3 heterocycles. The van der Waals surface area contributed by atoms with Crippen LogP contribution in [-0.4, -0.2) is 76.4 Å². The largest absolute Gasteiger partial charge is 0.359 e. The number of amides is 3. The number of hydrogen-bond acceptors (Lipinski definition) is 6. The van der Waals surface area contributed by atoms with Crippen LogP contribution in [0, 0.1) is 11.6 Å². The first kappa shape index (κ1) is 31.2. The van der Waals surface area contributed by atoms with Crippen LogP contribution in [0.4, 0.5) is 14.5 Å². The topological polar surface area (TPSA) is 109 Å². The fraction of sp³-hybridized carbons (Fsp3) is 0.353. The van der Waals surface area contributed by atoms with Crippen LogP contribution in [0.5, 0.6) is 0 Å². The molecule has 240 valence electrons. The lowest BCUT2D eigenvalue weighted by Crippen LogP contribution is -2.50. The quantitative estimate of drug-likeness (QED) is 0.286. The van der Waals surface area contributed by atoms with Crippen molar-refractivity contribution in [3.8, 4) is 0 Å². The molecule has 3 aromatic carbocycles. The maximum Gasteiger partial charge on any atom is 0.273 e. The highest BCUT2D eigenvalue weighted by atomic mass is 19.1. The number of piperazine rings is 1. The number of rotatable bonds is 8. The van der Waals surface area contributed by atoms with E-state index >= 15 is 0 Å². The van der Waals surface area contributed by atoms with E-state index in [1.54, 1.807) is 40.3 Å². The molecular weight excluding hydrogens is 594 g/mol. The standard InChI is InChI=1S/C34H36F2N6O4/c1-2-31(43)40-11-13-41(14-12-40)34(45)28-7-5-6-27(32(28)38-30-8-3-4-15-46-30)33(44)39-42-29-10-9-22(17-24(29)21-37-42)16-23-18-25(35)20-26(36)19-23/h5-7,9-10,17-21,30,38H,2-4,8,11-16H2,1H3,(H,39,44). The van der Waals surface area contributed by atoms with Gasteiger partial charge in [0.2, 0.25) is 5.91 Å². The van der Waals surface area contributed by atoms with E-state index in [-0.39, 0.29) is 23.6 Å². The first-order valence-corrected chi connectivity index (χ1v) is 15.6. The van der Waals surface area contributed by atoms with Crippen LogP contribution in [0.15, 0.2) is 60.8 Å². The van der Waals surface area contributed by atoms with Crippen LogP contribution < -0.4 is 10.7 Å². The molecule has 0 radical (unpaired) electrons. The van der Waals surface area contributed by atoms with Crippen LogP contribution in [0.2, 0.25) is 0 Å². The molecular formula is C34H36F2N6O4. The second-order valence-corrected chi connectivity index (χ2v) is 11.6. The third kappa shape index (κ3) is 6.86. The molecule has 0 bridgehead atoms. The number of fused-ring (bicyclic) bond motifs is 1. The van der Waals surface area contributed by atoms with Crippen LogP contribution >= 0.6 is 0 Å². The molecule has 12 heteroatoms. The molecule has 46 heavy (non-hydrogen) atoms. The summed E-state index contributed by atoms with van der Waals surface area (Å²) in [5, 5.41) is 8.42. The van der Waals surface area contributed by atoms with Crippen molar-refractivity contribution in [2.75, 3.05) is 43.5 Å². The average molecular weight is 631 g/mol. The minimum absolute atomic E-state index is 0.0620. The zero-order chi connectivity index (χ0) is 32.2. The van der Waals surface area contributed by atoms with Gasteiger partial charge in [0.25, 0.3) is 11.8 Å². The van der Waals surface area contributed by atoms with Crippen molar-refractivity contribution in [3.63, 3.8) is 0 Å². The van der Waals surface area contributed by atoms with Crippen LogP contribution in [-0.2, 0) is 16.0 Å². The molecule has 1 atom stereocenters. The number of carbonyl (C=O) groups is 3. The van der Waals surface area contributed by atoms with Gasteiger partial charge in [-0.05, 0) is 73.2 Å². The highest BCUT2D eigenvalue weighted by molar-refractivity contribution is 6.10. The van der Waals surface area contributed by atoms with Gasteiger partial charge >= 0.3 is 0 Å². The van der Waals surface area contributed by atoms with Crippen molar-refractivity contribution < 1.29 is 27.9 Å². The van der Waals surface area contributed by atoms with Crippen LogP contribution in [0.25, 0.3) is 10.9 Å². The molecule has 3 amide bonds. The second kappa shape index (κ2) is 13.7. The predicted molar refractivity (Wildman–Crippen MR) is 169 cm³/mol. The Hall–Kier alpha value is -4.84. The summed E-state index contributed by atoms with van der Waals surface area (Å²) in [7, 11) is 0. The number of hydrogen-bond donors (Lipinski definition) is 2. The van der Waals surface area contributed by atoms with Crippen molar-refractivity contribution in [1.29, 1.82) is 0 Å². The minimum Gasteiger partial charge on any atom is -0.359 e. The van der Waals surface area contributed by atoms with Crippen molar-refractivity contribution in [2.45, 2.75) is 45.3 Å². The summed E-state index contributed by atoms with van der Waals surface area (Å²) in [6.07, 6.45) is 4.62. The van der Waals surface area contributed by atoms with Crippen LogP contribution in [0.3, 0.4) is 0 Å². The van der Waals surface area contributed by atoms with Gasteiger partial charge in [0.1, 0.15) is 17.9 Å². The summed E-state index contributed by atoms with van der Waals surface area (Å²) in [5.41, 5.74) is 5.77. The highest BCUT2D eigenvalue weighted by Gasteiger charge is 2.29. The Morgan fingerprint density at radius 2 is 1.65 bits per heavy atom. The van der Waals surface area contributed by atoms with E-state index in [1.807, 2.05) is 19.1 Å². The number of benzene rings is 3. The fourth-order valence-corrected chi connectivity index (χ4v) is 6.03. The van der Waals surface area contributed by atoms with Crippen molar-refractivity contribution in [1.82, 2.24) is 19.7 Å². The number of para-hydroxylation sites is 1. The maximum absolute atomic E-state index is 13.8. The van der Waals surface area contributed by atoms with Gasteiger partial charge in [0.15, 0.2) is 0 Å². The predicted octanol–water partition coefficient (Wildman–Crippen LogP) is 4.92. The van der Waals surface area contributed by atoms with Gasteiger partial charge in [-0.25, -0.2) is 14.2 Å². The molecule has 2 fully saturated rings. The van der Waals surface area contributed by atoms with E-state index in [0.717, 1.165) is 36.3 Å². The Bertz CT molecular complexity index is 1740. The smallest absolute Gasteiger partial charge is 0.273 e. The van der Waals surface area contributed by atoms with Gasteiger partial charge < -0.3 is 19.9 Å². The van der Waals surface area contributed by atoms with E-state index in [4.69, 9.17) is 4.74 Å². The number of nitrogens with zero attached hydrogens (tertiary/aromatic N) is 4. The van der Waals surface area contributed by atoms with E-state index < -0.39 is 17.5 Å². The molecule has 0 aliphatic carbocycles. The van der Waals surface area contributed by atoms with E-state index in [1.165, 1.54) is 16.9 Å². The first-order valence-electron chi connectivity index (χ1n) is 15.6. The molecule has 2 N–H and O–H groups in total. The summed E-state index contributed by atoms with van der Waals surface area (Å²) < 4.78 is 33.3. The Balaban J connectivity index is 1.24. The number of nitrogens with one attached hydrogen (secondary N) is 2. The minimum atomic E-state index is -0.632. The Labute approximate surface area is 265 Å². The number of halogens is 2. The monoisotopic (exact) mass is 630 g/mol. The highest BCUT2D eigenvalue weighted by Crippen LogP contribution is 2.28. The summed E-state index contributed by atoms with van der Waals surface area (Å²) in [6.45, 7) is 4.12. The Morgan fingerprint density at radius 3 is 2.37 bits per heavy atom. The molecule has 6 rings (SSSR count). The summed E-state index contributed by atoms with van der Waals surface area (Å²) in [5.74, 6) is -1.91. The van der Waals surface area contributed by atoms with Crippen molar-refractivity contribution in [3.05, 3.63) is 94.7 Å². The van der Waals surface area contributed by atoms with E-state index in [2.05, 4.69) is 15.8 Å². The second-order valence-electron chi connectivity index (χ2n) is 11.6. The lowest BCUT2D eigenvalue weighted by molar-refractivity contribution is -0.132. The summed E-state index contributed by atoms with van der Waals surface area (Å²) in [6, 6.07) is 13.9. The number of ether oxygens (including phenoxy) is 1. The third-order valence-electron chi connectivity index (χ3n) is 8.42. The van der Waals surface area contributed by atoms with Gasteiger partial charge in [-0.15, -0.1) is 0 Å². The van der Waals surface area contributed by atoms with Gasteiger partial charge in [-0.3, -0.25) is 14.4 Å². The molecule has 0 saturated carbocycles. The first-order chi connectivity index (χ1) is 22.3. The molecule has 1 unspecified atom stereocenters. The van der Waals surface area contributed by atoms with Gasteiger partial charge in [-0.2, -0.15) is 9.89 Å². The Kier molecular flexibility index (Phi) is 9.25. The summed E-state index contributed by atoms with van der Waals surface area (Å²) in [4.78, 5) is 44.6. The molecule has 2 aliphatic heterocycles. The molecule has 2 aliphatic rings. The number of carbonyl (C=O) groups excluding carboxylic acids is 3. The third-order valence-corrected chi connectivity index (χ3v) is 8.42. The van der Waals surface area contributed by atoms with E-state index in [0.29, 0.717) is 68.0 Å². The zero-order valence-electron chi connectivity index (χ0n) is 25.6.